The fourth-order valence-electron chi connectivity index (χ4n) is 8.72. The van der Waals surface area contributed by atoms with Crippen molar-refractivity contribution in [3.05, 3.63) is 83.4 Å². The van der Waals surface area contributed by atoms with Gasteiger partial charge >= 0.3 is 0 Å². The molecule has 3 aromatic rings. The second kappa shape index (κ2) is 16.3. The molecule has 0 radical (unpaired) electrons. The van der Waals surface area contributed by atoms with Crippen LogP contribution in [0.2, 0.25) is 18.6 Å². The third-order valence-electron chi connectivity index (χ3n) is 11.2. The quantitative estimate of drug-likeness (QED) is 0.110. The molecule has 3 aliphatic heterocycles. The first-order chi connectivity index (χ1) is 25.8. The molecule has 0 aliphatic carbocycles. The number of anilines is 3. The van der Waals surface area contributed by atoms with Crippen molar-refractivity contribution in [1.82, 2.24) is 10.2 Å². The van der Waals surface area contributed by atoms with Gasteiger partial charge in [0, 0.05) is 49.5 Å². The predicted molar refractivity (Wildman–Crippen MR) is 208 cm³/mol. The number of aliphatic hydroxyl groups is 2. The first-order valence-electron chi connectivity index (χ1n) is 19.0. The van der Waals surface area contributed by atoms with Crippen molar-refractivity contribution in [2.24, 2.45) is 5.92 Å². The molecule has 1 spiro atoms. The lowest BCUT2D eigenvalue weighted by Gasteiger charge is -2.36. The molecule has 3 aliphatic rings. The zero-order valence-electron chi connectivity index (χ0n) is 31.9. The fraction of sp³-hybridized carbons (Fsp3) is 0.488. The van der Waals surface area contributed by atoms with Gasteiger partial charge in [-0.05, 0) is 93.4 Å². The average molecular weight is 761 g/mol. The number of hydrogen-bond donors (Lipinski definition) is 3. The summed E-state index contributed by atoms with van der Waals surface area (Å²) in [6.45, 7) is 8.21. The van der Waals surface area contributed by atoms with Gasteiger partial charge in [0.05, 0.1) is 43.2 Å². The fourth-order valence-corrected chi connectivity index (χ4v) is 11.2. The Bertz CT molecular complexity index is 1840. The van der Waals surface area contributed by atoms with E-state index in [4.69, 9.17) is 9.47 Å². The molecular weight excluding hydrogens is 708 g/mol. The molecule has 5 atom stereocenters. The third kappa shape index (κ3) is 7.44. The standard InChI is InChI=1S/C41H53FN4O7Si/c1-6-52-31-15-17-34-29(22-31)23-33(43-18-10-11-20-47)39(50)46(34)30-14-16-35-32(24-30)41(40(51)44(35)3)27(2)38(54(4,5)42)36(53-41)25-37(49)45(19-21-48)26-28-12-8-7-9-13-28/h7-9,12-17,22,24,27,33,36,38,43,47-48H,6,10-11,18-21,23,25-26H2,1-5H3/t27-,33?,36+,38-,41+/m1/s1. The van der Waals surface area contributed by atoms with E-state index in [9.17, 15) is 24.6 Å². The molecule has 0 bridgehead atoms. The van der Waals surface area contributed by atoms with E-state index in [-0.39, 0.29) is 50.4 Å². The van der Waals surface area contributed by atoms with Crippen LogP contribution in [0.15, 0.2) is 66.7 Å². The highest BCUT2D eigenvalue weighted by atomic mass is 28.4. The van der Waals surface area contributed by atoms with E-state index in [0.717, 1.165) is 11.1 Å². The van der Waals surface area contributed by atoms with Gasteiger partial charge in [-0.25, -0.2) is 0 Å². The summed E-state index contributed by atoms with van der Waals surface area (Å²) < 4.78 is 29.2. The number of fused-ring (bicyclic) bond motifs is 3. The van der Waals surface area contributed by atoms with Crippen LogP contribution >= 0.6 is 0 Å². The van der Waals surface area contributed by atoms with Crippen molar-refractivity contribution < 1.29 is 38.2 Å². The Labute approximate surface area is 318 Å². The number of rotatable bonds is 15. The van der Waals surface area contributed by atoms with Crippen LogP contribution in [-0.2, 0) is 37.7 Å². The number of carbonyl (C=O) groups is 3. The summed E-state index contributed by atoms with van der Waals surface area (Å²) in [7, 11) is -1.90. The number of unbranched alkanes of at least 4 members (excludes halogenated alkanes) is 1. The molecule has 11 nitrogen and oxygen atoms in total. The minimum Gasteiger partial charge on any atom is -0.494 e. The Morgan fingerprint density at radius 3 is 2.48 bits per heavy atom. The van der Waals surface area contributed by atoms with Gasteiger partial charge in [0.25, 0.3) is 5.91 Å². The Balaban J connectivity index is 1.38. The summed E-state index contributed by atoms with van der Waals surface area (Å²) in [4.78, 5) is 47.5. The van der Waals surface area contributed by atoms with Crippen LogP contribution in [-0.4, -0.2) is 93.3 Å². The molecule has 54 heavy (non-hydrogen) atoms. The number of ether oxygens (including phenoxy) is 2. The number of aliphatic hydroxyl groups excluding tert-OH is 2. The predicted octanol–water partition coefficient (Wildman–Crippen LogP) is 5.20. The van der Waals surface area contributed by atoms with Gasteiger partial charge in [-0.3, -0.25) is 19.3 Å². The maximum absolute atomic E-state index is 16.5. The Morgan fingerprint density at radius 1 is 1.06 bits per heavy atom. The molecule has 6 rings (SSSR count). The SMILES string of the molecule is CCOc1ccc2c(c1)CC(NCCCCO)C(=O)N2c1ccc2c(c1)[C@]1(O[C@@H](CC(=O)N(CCO)Cc3ccccc3)[C@H]([Si](C)(C)F)[C@H]1C)C(=O)N2C. The highest BCUT2D eigenvalue weighted by Crippen LogP contribution is 2.60. The van der Waals surface area contributed by atoms with Crippen molar-refractivity contribution >= 4 is 43.2 Å². The molecule has 1 fully saturated rings. The Hall–Kier alpha value is -4.14. The highest BCUT2D eigenvalue weighted by Gasteiger charge is 2.66. The van der Waals surface area contributed by atoms with Crippen molar-refractivity contribution in [3.8, 4) is 5.75 Å². The lowest BCUT2D eigenvalue weighted by Crippen LogP contribution is -2.49. The number of nitrogens with one attached hydrogen (secondary N) is 1. The largest absolute Gasteiger partial charge is 0.494 e. The van der Waals surface area contributed by atoms with Gasteiger partial charge in [0.15, 0.2) is 5.60 Å². The normalized spacial score (nSPS) is 23.6. The Kier molecular flexibility index (Phi) is 11.9. The van der Waals surface area contributed by atoms with E-state index in [0.29, 0.717) is 60.8 Å². The monoisotopic (exact) mass is 760 g/mol. The molecule has 3 heterocycles. The summed E-state index contributed by atoms with van der Waals surface area (Å²) in [6, 6.07) is 20.0. The topological polar surface area (TPSA) is 132 Å². The van der Waals surface area contributed by atoms with Crippen LogP contribution in [0.3, 0.4) is 0 Å². The number of nitrogens with zero attached hydrogens (tertiary/aromatic N) is 3. The van der Waals surface area contributed by atoms with E-state index in [1.807, 2.05) is 80.6 Å². The maximum atomic E-state index is 16.5. The van der Waals surface area contributed by atoms with Crippen LogP contribution < -0.4 is 19.9 Å². The number of amides is 3. The summed E-state index contributed by atoms with van der Waals surface area (Å²) in [5.74, 6) is -0.731. The molecule has 3 N–H and O–H groups in total. The molecule has 0 saturated carbocycles. The smallest absolute Gasteiger partial charge is 0.264 e. The summed E-state index contributed by atoms with van der Waals surface area (Å²) in [6.07, 6.45) is 0.727. The highest BCUT2D eigenvalue weighted by molar-refractivity contribution is 6.72. The lowest BCUT2D eigenvalue weighted by molar-refractivity contribution is -0.149. The zero-order chi connectivity index (χ0) is 38.8. The number of benzene rings is 3. The zero-order valence-corrected chi connectivity index (χ0v) is 32.9. The van der Waals surface area contributed by atoms with Crippen molar-refractivity contribution in [3.63, 3.8) is 0 Å². The number of halogens is 1. The molecule has 3 aromatic carbocycles. The van der Waals surface area contributed by atoms with Gasteiger partial charge in [-0.2, -0.15) is 0 Å². The van der Waals surface area contributed by atoms with Gasteiger partial charge in [-0.1, -0.05) is 37.3 Å². The number of carbonyl (C=O) groups excluding carboxylic acids is 3. The van der Waals surface area contributed by atoms with Crippen LogP contribution in [0.1, 0.15) is 49.8 Å². The summed E-state index contributed by atoms with van der Waals surface area (Å²) in [5.41, 5.74) is 1.89. The first-order valence-corrected chi connectivity index (χ1v) is 22.0. The van der Waals surface area contributed by atoms with Crippen molar-refractivity contribution in [1.29, 1.82) is 0 Å². The molecule has 1 saturated heterocycles. The minimum absolute atomic E-state index is 0.0735. The van der Waals surface area contributed by atoms with Crippen LogP contribution in [0, 0.1) is 5.92 Å². The van der Waals surface area contributed by atoms with Gasteiger partial charge < -0.3 is 38.9 Å². The van der Waals surface area contributed by atoms with E-state index in [1.165, 1.54) is 4.90 Å². The van der Waals surface area contributed by atoms with Crippen LogP contribution in [0.25, 0.3) is 0 Å². The van der Waals surface area contributed by atoms with Gasteiger partial charge in [0.1, 0.15) is 5.75 Å². The second-order valence-corrected chi connectivity index (χ2v) is 18.9. The summed E-state index contributed by atoms with van der Waals surface area (Å²) >= 11 is 0. The molecular formula is C41H53FN4O7Si. The van der Waals surface area contributed by atoms with E-state index >= 15 is 4.11 Å². The molecule has 3 amide bonds. The van der Waals surface area contributed by atoms with E-state index < -0.39 is 37.6 Å². The third-order valence-corrected chi connectivity index (χ3v) is 13.6. The van der Waals surface area contributed by atoms with Gasteiger partial charge in [-0.15, -0.1) is 0 Å². The Morgan fingerprint density at radius 2 is 1.80 bits per heavy atom. The summed E-state index contributed by atoms with van der Waals surface area (Å²) in [5, 5.41) is 22.5. The lowest BCUT2D eigenvalue weighted by atomic mass is 9.82. The number of likely N-dealkylation sites (N-methyl/N-ethyl adjacent to an activating group) is 1. The molecule has 290 valence electrons. The second-order valence-electron chi connectivity index (χ2n) is 15.1. The van der Waals surface area contributed by atoms with Crippen molar-refractivity contribution in [2.75, 3.05) is 49.8 Å². The van der Waals surface area contributed by atoms with Crippen LogP contribution in [0.4, 0.5) is 21.2 Å². The van der Waals surface area contributed by atoms with Gasteiger partial charge in [0.2, 0.25) is 20.2 Å². The molecule has 13 heteroatoms. The molecule has 1 unspecified atom stereocenters. The minimum atomic E-state index is -3.57. The van der Waals surface area contributed by atoms with Crippen LogP contribution in [0.5, 0.6) is 5.75 Å². The average Bonchev–Trinajstić information content (AvgIpc) is 3.55. The van der Waals surface area contributed by atoms with E-state index in [2.05, 4.69) is 5.32 Å². The maximum Gasteiger partial charge on any atom is 0.264 e. The molecule has 0 aromatic heterocycles. The number of hydrogen-bond acceptors (Lipinski definition) is 8. The first kappa shape index (κ1) is 39.5. The van der Waals surface area contributed by atoms with Crippen molar-refractivity contribution in [2.45, 2.75) is 82.5 Å². The van der Waals surface area contributed by atoms with E-state index in [1.54, 1.807) is 29.9 Å².